The van der Waals surface area contributed by atoms with Crippen LogP contribution in [0.4, 0.5) is 5.69 Å². The van der Waals surface area contributed by atoms with Gasteiger partial charge >= 0.3 is 0 Å². The maximum atomic E-state index is 12.1. The molecule has 0 aliphatic rings. The Morgan fingerprint density at radius 2 is 1.83 bits per heavy atom. The largest absolute Gasteiger partial charge is 0.489 e. The summed E-state index contributed by atoms with van der Waals surface area (Å²) in [5, 5.41) is 15.3. The summed E-state index contributed by atoms with van der Waals surface area (Å²) in [4.78, 5) is 22.4. The number of benzene rings is 3. The molecule has 0 fully saturated rings. The molecule has 146 valence electrons. The Bertz CT molecular complexity index is 1030. The molecule has 1 N–H and O–H groups in total. The van der Waals surface area contributed by atoms with E-state index in [1.54, 1.807) is 48.5 Å². The number of carbonyl (C=O) groups is 1. The van der Waals surface area contributed by atoms with E-state index in [4.69, 9.17) is 16.3 Å². The van der Waals surface area contributed by atoms with E-state index in [2.05, 4.69) is 10.5 Å². The van der Waals surface area contributed by atoms with Crippen LogP contribution in [0, 0.1) is 10.1 Å². The van der Waals surface area contributed by atoms with Crippen LogP contribution in [0.2, 0.25) is 5.02 Å². The Balaban J connectivity index is 1.54. The van der Waals surface area contributed by atoms with Crippen LogP contribution in [-0.4, -0.2) is 17.0 Å². The molecule has 0 saturated heterocycles. The third kappa shape index (κ3) is 5.88. The number of amides is 1. The van der Waals surface area contributed by atoms with Crippen molar-refractivity contribution in [3.8, 4) is 5.75 Å². The number of carbonyl (C=O) groups excluding carboxylic acids is 1. The molecule has 1 amide bonds. The van der Waals surface area contributed by atoms with E-state index < -0.39 is 10.8 Å². The van der Waals surface area contributed by atoms with Gasteiger partial charge in [0.05, 0.1) is 11.1 Å². The fourth-order valence-electron chi connectivity index (χ4n) is 2.40. The van der Waals surface area contributed by atoms with Crippen molar-refractivity contribution >= 4 is 29.4 Å². The van der Waals surface area contributed by atoms with Gasteiger partial charge in [-0.1, -0.05) is 35.9 Å². The first-order valence-electron chi connectivity index (χ1n) is 8.56. The zero-order chi connectivity index (χ0) is 20.6. The van der Waals surface area contributed by atoms with Crippen molar-refractivity contribution in [2.45, 2.75) is 6.61 Å². The summed E-state index contributed by atoms with van der Waals surface area (Å²) in [6.07, 6.45) is 1.34. The molecule has 7 nitrogen and oxygen atoms in total. The number of non-ortho nitro benzene ring substituents is 1. The number of nitro benzene ring substituents is 1. The third-order valence-corrected chi connectivity index (χ3v) is 4.15. The molecule has 0 heterocycles. The van der Waals surface area contributed by atoms with Gasteiger partial charge in [-0.2, -0.15) is 5.10 Å². The minimum absolute atomic E-state index is 0.0468. The molecule has 0 saturated carbocycles. The van der Waals surface area contributed by atoms with Crippen molar-refractivity contribution in [3.63, 3.8) is 0 Å². The average Bonchev–Trinajstić information content (AvgIpc) is 2.74. The molecule has 0 bridgehead atoms. The monoisotopic (exact) mass is 409 g/mol. The fraction of sp³-hybridized carbons (Fsp3) is 0.0476. The van der Waals surface area contributed by atoms with E-state index in [1.807, 2.05) is 12.1 Å². The van der Waals surface area contributed by atoms with Crippen LogP contribution in [0.15, 0.2) is 77.9 Å². The van der Waals surface area contributed by atoms with E-state index in [0.717, 1.165) is 5.56 Å². The predicted molar refractivity (Wildman–Crippen MR) is 110 cm³/mol. The normalized spacial score (nSPS) is 10.7. The van der Waals surface area contributed by atoms with Crippen LogP contribution in [0.1, 0.15) is 21.5 Å². The zero-order valence-corrected chi connectivity index (χ0v) is 15.9. The number of hydrogen-bond donors (Lipinski definition) is 1. The summed E-state index contributed by atoms with van der Waals surface area (Å²) in [5.74, 6) is 0.215. The fourth-order valence-corrected chi connectivity index (χ4v) is 2.52. The van der Waals surface area contributed by atoms with Crippen LogP contribution < -0.4 is 10.2 Å². The van der Waals surface area contributed by atoms with E-state index in [9.17, 15) is 14.9 Å². The molecule has 8 heteroatoms. The molecule has 0 aliphatic heterocycles. The highest BCUT2D eigenvalue weighted by atomic mass is 35.5. The molecular formula is C21H16ClN3O4. The number of hydrazone groups is 1. The van der Waals surface area contributed by atoms with Gasteiger partial charge in [-0.25, -0.2) is 5.43 Å². The Kier molecular flexibility index (Phi) is 6.55. The lowest BCUT2D eigenvalue weighted by atomic mass is 10.2. The second-order valence-corrected chi connectivity index (χ2v) is 6.43. The standard InChI is InChI=1S/C21H16ClN3O4/c22-18-8-4-15(5-9-18)14-29-20-10-6-17(7-11-20)21(26)24-23-13-16-2-1-3-19(12-16)25(27)28/h1-13H,14H2,(H,24,26)/b23-13+. The van der Waals surface area contributed by atoms with Crippen LogP contribution >= 0.6 is 11.6 Å². The van der Waals surface area contributed by atoms with Crippen molar-refractivity contribution in [2.24, 2.45) is 5.10 Å². The lowest BCUT2D eigenvalue weighted by molar-refractivity contribution is -0.384. The van der Waals surface area contributed by atoms with Gasteiger partial charge in [0.1, 0.15) is 12.4 Å². The first-order valence-corrected chi connectivity index (χ1v) is 8.94. The number of rotatable bonds is 7. The summed E-state index contributed by atoms with van der Waals surface area (Å²) in [5.41, 5.74) is 4.23. The summed E-state index contributed by atoms with van der Waals surface area (Å²) in [6.45, 7) is 0.385. The molecule has 0 unspecified atom stereocenters. The topological polar surface area (TPSA) is 93.8 Å². The van der Waals surface area contributed by atoms with Gasteiger partial charge in [0, 0.05) is 28.3 Å². The zero-order valence-electron chi connectivity index (χ0n) is 15.1. The minimum Gasteiger partial charge on any atom is -0.489 e. The third-order valence-electron chi connectivity index (χ3n) is 3.90. The lowest BCUT2D eigenvalue weighted by Crippen LogP contribution is -2.17. The highest BCUT2D eigenvalue weighted by Gasteiger charge is 2.06. The van der Waals surface area contributed by atoms with E-state index in [1.165, 1.54) is 18.3 Å². The van der Waals surface area contributed by atoms with Crippen molar-refractivity contribution in [2.75, 3.05) is 0 Å². The number of ether oxygens (including phenoxy) is 1. The number of nitrogens with zero attached hydrogens (tertiary/aromatic N) is 2. The number of nitrogens with one attached hydrogen (secondary N) is 1. The molecule has 29 heavy (non-hydrogen) atoms. The van der Waals surface area contributed by atoms with E-state index >= 15 is 0 Å². The van der Waals surface area contributed by atoms with Crippen LogP contribution in [-0.2, 0) is 6.61 Å². The summed E-state index contributed by atoms with van der Waals surface area (Å²) in [7, 11) is 0. The maximum absolute atomic E-state index is 12.1. The summed E-state index contributed by atoms with van der Waals surface area (Å²) in [6, 6.07) is 19.9. The van der Waals surface area contributed by atoms with Crippen LogP contribution in [0.25, 0.3) is 0 Å². The second kappa shape index (κ2) is 9.48. The molecule has 3 aromatic rings. The SMILES string of the molecule is O=C(N/N=C/c1cccc([N+](=O)[O-])c1)c1ccc(OCc2ccc(Cl)cc2)cc1. The number of hydrogen-bond acceptors (Lipinski definition) is 5. The Hall–Kier alpha value is -3.71. The van der Waals surface area contributed by atoms with Gasteiger partial charge in [0.25, 0.3) is 11.6 Å². The minimum atomic E-state index is -0.494. The maximum Gasteiger partial charge on any atom is 0.271 e. The molecular weight excluding hydrogens is 394 g/mol. The van der Waals surface area contributed by atoms with Gasteiger partial charge in [-0.3, -0.25) is 14.9 Å². The van der Waals surface area contributed by atoms with Crippen LogP contribution in [0.5, 0.6) is 5.75 Å². The van der Waals surface area contributed by atoms with Crippen LogP contribution in [0.3, 0.4) is 0 Å². The van der Waals surface area contributed by atoms with E-state index in [-0.39, 0.29) is 5.69 Å². The molecule has 3 aromatic carbocycles. The van der Waals surface area contributed by atoms with Crippen molar-refractivity contribution < 1.29 is 14.5 Å². The quantitative estimate of drug-likeness (QED) is 0.351. The Morgan fingerprint density at radius 1 is 1.10 bits per heavy atom. The molecule has 0 spiro atoms. The summed E-state index contributed by atoms with van der Waals surface area (Å²) < 4.78 is 5.68. The molecule has 3 rings (SSSR count). The average molecular weight is 410 g/mol. The smallest absolute Gasteiger partial charge is 0.271 e. The molecule has 0 aromatic heterocycles. The number of halogens is 1. The van der Waals surface area contributed by atoms with Crippen molar-refractivity contribution in [1.82, 2.24) is 5.43 Å². The number of nitro groups is 1. The lowest BCUT2D eigenvalue weighted by Gasteiger charge is -2.07. The first kappa shape index (κ1) is 20.0. The summed E-state index contributed by atoms with van der Waals surface area (Å²) >= 11 is 5.85. The van der Waals surface area contributed by atoms with E-state index in [0.29, 0.717) is 28.5 Å². The van der Waals surface area contributed by atoms with Gasteiger partial charge in [-0.05, 0) is 42.0 Å². The highest BCUT2D eigenvalue weighted by molar-refractivity contribution is 6.30. The van der Waals surface area contributed by atoms with Gasteiger partial charge < -0.3 is 4.74 Å². The second-order valence-electron chi connectivity index (χ2n) is 5.99. The molecule has 0 atom stereocenters. The molecule has 0 aliphatic carbocycles. The predicted octanol–water partition coefficient (Wildman–Crippen LogP) is 4.59. The Morgan fingerprint density at radius 3 is 2.52 bits per heavy atom. The van der Waals surface area contributed by atoms with Crippen molar-refractivity contribution in [3.05, 3.63) is 105 Å². The van der Waals surface area contributed by atoms with Gasteiger partial charge in [-0.15, -0.1) is 0 Å². The molecule has 0 radical (unpaired) electrons. The first-order chi connectivity index (χ1) is 14.0. The highest BCUT2D eigenvalue weighted by Crippen LogP contribution is 2.16. The Labute approximate surface area is 171 Å². The van der Waals surface area contributed by atoms with Gasteiger partial charge in [0.15, 0.2) is 0 Å². The van der Waals surface area contributed by atoms with Gasteiger partial charge in [0.2, 0.25) is 0 Å². The van der Waals surface area contributed by atoms with Crippen molar-refractivity contribution in [1.29, 1.82) is 0 Å².